The van der Waals surface area contributed by atoms with Gasteiger partial charge in [-0.1, -0.05) is 18.2 Å². The van der Waals surface area contributed by atoms with Gasteiger partial charge in [0.25, 0.3) is 0 Å². The fraction of sp³-hybridized carbons (Fsp3) is 0.200. The van der Waals surface area contributed by atoms with Crippen LogP contribution < -0.4 is 4.74 Å². The molecular weight excluding hydrogens is 200 g/mol. The number of aliphatic carboxylic acids is 2. The molecule has 15 heavy (non-hydrogen) atoms. The average Bonchev–Trinajstić information content (AvgIpc) is 2.15. The highest BCUT2D eigenvalue weighted by Crippen LogP contribution is 2.18. The molecule has 0 bridgehead atoms. The van der Waals surface area contributed by atoms with Crippen molar-refractivity contribution < 1.29 is 24.5 Å². The Morgan fingerprint density at radius 2 is 1.80 bits per heavy atom. The molecule has 0 spiro atoms. The van der Waals surface area contributed by atoms with Crippen LogP contribution in [0.2, 0.25) is 0 Å². The van der Waals surface area contributed by atoms with Gasteiger partial charge in [-0.2, -0.15) is 0 Å². The highest BCUT2D eigenvalue weighted by molar-refractivity contribution is 5.72. The molecule has 0 fully saturated rings. The van der Waals surface area contributed by atoms with E-state index < -0.39 is 18.5 Å². The van der Waals surface area contributed by atoms with Crippen molar-refractivity contribution in [2.24, 2.45) is 0 Å². The molecule has 0 aliphatic heterocycles. The van der Waals surface area contributed by atoms with E-state index in [1.54, 1.807) is 24.3 Å². The van der Waals surface area contributed by atoms with Gasteiger partial charge < -0.3 is 14.9 Å². The molecule has 0 aliphatic rings. The van der Waals surface area contributed by atoms with Crippen LogP contribution in [0.4, 0.5) is 0 Å². The van der Waals surface area contributed by atoms with Crippen molar-refractivity contribution in [1.82, 2.24) is 0 Å². The van der Waals surface area contributed by atoms with Crippen LogP contribution in [0, 0.1) is 0 Å². The Kier molecular flexibility index (Phi) is 3.68. The normalized spacial score (nSPS) is 9.60. The minimum Gasteiger partial charge on any atom is -0.482 e. The van der Waals surface area contributed by atoms with Gasteiger partial charge in [-0.3, -0.25) is 4.79 Å². The van der Waals surface area contributed by atoms with Crippen molar-refractivity contribution >= 4 is 11.9 Å². The number of para-hydroxylation sites is 1. The maximum absolute atomic E-state index is 10.5. The number of benzene rings is 1. The fourth-order valence-corrected chi connectivity index (χ4v) is 1.09. The molecule has 0 aliphatic carbocycles. The van der Waals surface area contributed by atoms with Crippen molar-refractivity contribution in [3.8, 4) is 5.75 Å². The third kappa shape index (κ3) is 3.68. The molecule has 2 N–H and O–H groups in total. The zero-order valence-electron chi connectivity index (χ0n) is 7.84. The van der Waals surface area contributed by atoms with Crippen molar-refractivity contribution in [2.75, 3.05) is 6.61 Å². The summed E-state index contributed by atoms with van der Waals surface area (Å²) in [7, 11) is 0. The zero-order chi connectivity index (χ0) is 11.3. The first-order valence-electron chi connectivity index (χ1n) is 4.24. The van der Waals surface area contributed by atoms with E-state index >= 15 is 0 Å². The Labute approximate surface area is 85.9 Å². The van der Waals surface area contributed by atoms with Gasteiger partial charge in [0.1, 0.15) is 5.75 Å². The summed E-state index contributed by atoms with van der Waals surface area (Å²) in [5.41, 5.74) is 0.464. The number of carboxylic acid groups (broad SMARTS) is 2. The topological polar surface area (TPSA) is 83.8 Å². The number of ether oxygens (including phenoxy) is 1. The van der Waals surface area contributed by atoms with E-state index in [4.69, 9.17) is 14.9 Å². The first kappa shape index (κ1) is 11.0. The monoisotopic (exact) mass is 210 g/mol. The lowest BCUT2D eigenvalue weighted by atomic mass is 10.1. The van der Waals surface area contributed by atoms with Crippen LogP contribution in [-0.2, 0) is 16.0 Å². The summed E-state index contributed by atoms with van der Waals surface area (Å²) in [6.07, 6.45) is -0.185. The molecule has 0 amide bonds. The lowest BCUT2D eigenvalue weighted by Gasteiger charge is -2.07. The number of hydrogen-bond acceptors (Lipinski definition) is 3. The molecule has 5 heteroatoms. The second-order valence-corrected chi connectivity index (χ2v) is 2.86. The van der Waals surface area contributed by atoms with Crippen LogP contribution in [0.1, 0.15) is 5.56 Å². The Bertz CT molecular complexity index is 372. The van der Waals surface area contributed by atoms with Crippen molar-refractivity contribution in [2.45, 2.75) is 6.42 Å². The number of carbonyl (C=O) groups is 2. The first-order valence-corrected chi connectivity index (χ1v) is 4.24. The van der Waals surface area contributed by atoms with E-state index in [0.29, 0.717) is 11.3 Å². The number of hydrogen-bond donors (Lipinski definition) is 2. The SMILES string of the molecule is O=C(O)COc1ccccc1CC(=O)O. The molecule has 0 saturated carbocycles. The molecule has 0 radical (unpaired) electrons. The third-order valence-electron chi connectivity index (χ3n) is 1.67. The van der Waals surface area contributed by atoms with E-state index in [1.807, 2.05) is 0 Å². The molecule has 0 unspecified atom stereocenters. The maximum atomic E-state index is 10.5. The highest BCUT2D eigenvalue weighted by atomic mass is 16.5. The zero-order valence-corrected chi connectivity index (χ0v) is 7.84. The van der Waals surface area contributed by atoms with Crippen LogP contribution in [0.3, 0.4) is 0 Å². The Morgan fingerprint density at radius 3 is 2.40 bits per heavy atom. The summed E-state index contributed by atoms with van der Waals surface area (Å²) in [6, 6.07) is 6.46. The van der Waals surface area contributed by atoms with Crippen LogP contribution in [0.25, 0.3) is 0 Å². The molecule has 0 aromatic heterocycles. The van der Waals surface area contributed by atoms with Gasteiger partial charge in [-0.15, -0.1) is 0 Å². The van der Waals surface area contributed by atoms with Crippen molar-refractivity contribution in [3.05, 3.63) is 29.8 Å². The Morgan fingerprint density at radius 1 is 1.13 bits per heavy atom. The van der Waals surface area contributed by atoms with Crippen molar-refractivity contribution in [1.29, 1.82) is 0 Å². The Hall–Kier alpha value is -2.04. The Balaban J connectivity index is 2.76. The van der Waals surface area contributed by atoms with Crippen LogP contribution >= 0.6 is 0 Å². The van der Waals surface area contributed by atoms with E-state index in [9.17, 15) is 9.59 Å². The van der Waals surface area contributed by atoms with Gasteiger partial charge in [-0.25, -0.2) is 4.79 Å². The van der Waals surface area contributed by atoms with Gasteiger partial charge in [-0.05, 0) is 6.07 Å². The smallest absolute Gasteiger partial charge is 0.341 e. The molecule has 0 atom stereocenters. The number of carboxylic acids is 2. The molecule has 1 aromatic carbocycles. The van der Waals surface area contributed by atoms with E-state index in [2.05, 4.69) is 0 Å². The summed E-state index contributed by atoms with van der Waals surface area (Å²) in [5, 5.41) is 17.0. The summed E-state index contributed by atoms with van der Waals surface area (Å²) >= 11 is 0. The largest absolute Gasteiger partial charge is 0.482 e. The minimum absolute atomic E-state index is 0.185. The number of rotatable bonds is 5. The van der Waals surface area contributed by atoms with E-state index in [-0.39, 0.29) is 6.42 Å². The predicted octanol–water partition coefficient (Wildman–Crippen LogP) is 0.777. The summed E-state index contributed by atoms with van der Waals surface area (Å²) in [6.45, 7) is -0.476. The molecule has 1 rings (SSSR count). The summed E-state index contributed by atoms with van der Waals surface area (Å²) < 4.78 is 4.94. The quantitative estimate of drug-likeness (QED) is 0.750. The van der Waals surface area contributed by atoms with E-state index in [1.165, 1.54) is 0 Å². The molecule has 80 valence electrons. The standard InChI is InChI=1S/C10H10O5/c11-9(12)5-7-3-1-2-4-8(7)15-6-10(13)14/h1-4H,5-6H2,(H,11,12)(H,13,14). The molecule has 0 saturated heterocycles. The minimum atomic E-state index is -1.10. The maximum Gasteiger partial charge on any atom is 0.341 e. The molecular formula is C10H10O5. The summed E-state index contributed by atoms with van der Waals surface area (Å²) in [5.74, 6) is -1.79. The van der Waals surface area contributed by atoms with E-state index in [0.717, 1.165) is 0 Å². The predicted molar refractivity (Wildman–Crippen MR) is 50.9 cm³/mol. The molecule has 0 heterocycles. The second kappa shape index (κ2) is 4.99. The van der Waals surface area contributed by atoms with Gasteiger partial charge in [0.15, 0.2) is 6.61 Å². The van der Waals surface area contributed by atoms with Crippen molar-refractivity contribution in [3.63, 3.8) is 0 Å². The lowest BCUT2D eigenvalue weighted by Crippen LogP contribution is -2.11. The first-order chi connectivity index (χ1) is 7.09. The second-order valence-electron chi connectivity index (χ2n) is 2.86. The average molecular weight is 210 g/mol. The van der Waals surface area contributed by atoms with Gasteiger partial charge >= 0.3 is 11.9 Å². The summed E-state index contributed by atoms with van der Waals surface area (Å²) in [4.78, 5) is 20.8. The fourth-order valence-electron chi connectivity index (χ4n) is 1.09. The van der Waals surface area contributed by atoms with Gasteiger partial charge in [0.05, 0.1) is 6.42 Å². The highest BCUT2D eigenvalue weighted by Gasteiger charge is 2.08. The third-order valence-corrected chi connectivity index (χ3v) is 1.67. The van der Waals surface area contributed by atoms with Gasteiger partial charge in [0.2, 0.25) is 0 Å². The molecule has 1 aromatic rings. The van der Waals surface area contributed by atoms with Crippen LogP contribution in [0.5, 0.6) is 5.75 Å². The lowest BCUT2D eigenvalue weighted by molar-refractivity contribution is -0.139. The van der Waals surface area contributed by atoms with Gasteiger partial charge in [0, 0.05) is 5.56 Å². The molecule has 5 nitrogen and oxygen atoms in total. The van der Waals surface area contributed by atoms with Crippen LogP contribution in [-0.4, -0.2) is 28.8 Å². The van der Waals surface area contributed by atoms with Crippen LogP contribution in [0.15, 0.2) is 24.3 Å².